The summed E-state index contributed by atoms with van der Waals surface area (Å²) in [4.78, 5) is 3.78. The van der Waals surface area contributed by atoms with Gasteiger partial charge in [-0.3, -0.25) is 0 Å². The second-order valence-corrected chi connectivity index (χ2v) is 4.85. The topological polar surface area (TPSA) is 56.3 Å². The summed E-state index contributed by atoms with van der Waals surface area (Å²) >= 11 is 6.42. The summed E-state index contributed by atoms with van der Waals surface area (Å²) in [6, 6.07) is 0. The third-order valence-corrected chi connectivity index (χ3v) is 3.37. The van der Waals surface area contributed by atoms with Crippen LogP contribution in [0.4, 0.5) is 3.89 Å². The third kappa shape index (κ3) is 3.09. The molecule has 0 radical (unpaired) electrons. The van der Waals surface area contributed by atoms with Crippen molar-refractivity contribution in [2.45, 2.75) is 5.75 Å². The Labute approximate surface area is 83.5 Å². The van der Waals surface area contributed by atoms with Crippen molar-refractivity contribution in [3.05, 3.63) is 10.0 Å². The zero-order valence-corrected chi connectivity index (χ0v) is 8.84. The predicted molar refractivity (Wildman–Crippen MR) is 47.4 cm³/mol. The fraction of sp³-hybridized carbons (Fsp3) is 0.400. The van der Waals surface area contributed by atoms with Crippen LogP contribution in [0.3, 0.4) is 0 Å². The van der Waals surface area contributed by atoms with Gasteiger partial charge in [0.05, 0.1) is 12.0 Å². The van der Waals surface area contributed by atoms with Gasteiger partial charge in [0.25, 0.3) is 5.19 Å². The first kappa shape index (κ1) is 10.7. The molecule has 1 rings (SSSR count). The molecule has 0 aromatic carbocycles. The van der Waals surface area contributed by atoms with E-state index in [2.05, 4.69) is 4.98 Å². The molecule has 0 bridgehead atoms. The normalized spacial score (nSPS) is 11.6. The number of ether oxygens (including phenoxy) is 1. The van der Waals surface area contributed by atoms with Gasteiger partial charge in [0.2, 0.25) is 0 Å². The lowest BCUT2D eigenvalue weighted by molar-refractivity contribution is 0.412. The summed E-state index contributed by atoms with van der Waals surface area (Å²) in [5.41, 5.74) is 0. The van der Waals surface area contributed by atoms with Gasteiger partial charge in [0.15, 0.2) is 0 Å². The first-order chi connectivity index (χ1) is 5.92. The van der Waals surface area contributed by atoms with Crippen LogP contribution in [0, 0.1) is 0 Å². The van der Waals surface area contributed by atoms with E-state index in [-0.39, 0.29) is 15.2 Å². The van der Waals surface area contributed by atoms with Crippen LogP contribution < -0.4 is 4.74 Å². The molecule has 0 amide bonds. The molecule has 4 nitrogen and oxygen atoms in total. The fourth-order valence-corrected chi connectivity index (χ4v) is 2.70. The number of halogens is 2. The maximum Gasteiger partial charge on any atom is 0.307 e. The lowest BCUT2D eigenvalue weighted by Gasteiger charge is -1.89. The molecule has 0 aliphatic heterocycles. The van der Waals surface area contributed by atoms with Gasteiger partial charge in [-0.15, -0.1) is 3.89 Å². The molecule has 0 aliphatic carbocycles. The van der Waals surface area contributed by atoms with Gasteiger partial charge in [0, 0.05) is 0 Å². The van der Waals surface area contributed by atoms with Crippen molar-refractivity contribution in [3.63, 3.8) is 0 Å². The van der Waals surface area contributed by atoms with E-state index in [4.69, 9.17) is 16.3 Å². The quantitative estimate of drug-likeness (QED) is 0.759. The number of hydrogen-bond donors (Lipinski definition) is 0. The van der Waals surface area contributed by atoms with Crippen LogP contribution in [0.25, 0.3) is 0 Å². The molecule has 0 atom stereocenters. The number of hydrogen-bond acceptors (Lipinski definition) is 5. The van der Waals surface area contributed by atoms with Crippen LogP contribution in [0.1, 0.15) is 4.88 Å². The lowest BCUT2D eigenvalue weighted by Crippen LogP contribution is -1.93. The highest BCUT2D eigenvalue weighted by molar-refractivity contribution is 7.85. The molecule has 0 aliphatic rings. The molecule has 1 aromatic heterocycles. The van der Waals surface area contributed by atoms with Crippen molar-refractivity contribution in [2.24, 2.45) is 0 Å². The smallest absolute Gasteiger partial charge is 0.307 e. The second kappa shape index (κ2) is 3.77. The zero-order valence-electron chi connectivity index (χ0n) is 6.45. The SMILES string of the molecule is COc1nc(Cl)c(CS(=O)(=O)F)s1. The minimum Gasteiger partial charge on any atom is -0.473 e. The Morgan fingerprint density at radius 2 is 2.31 bits per heavy atom. The Morgan fingerprint density at radius 3 is 2.69 bits per heavy atom. The van der Waals surface area contributed by atoms with Crippen LogP contribution in [0.5, 0.6) is 5.19 Å². The van der Waals surface area contributed by atoms with Gasteiger partial charge in [-0.2, -0.15) is 13.4 Å². The monoisotopic (exact) mass is 245 g/mol. The molecular formula is C5H5ClFNO3S2. The third-order valence-electron chi connectivity index (χ3n) is 1.11. The minimum absolute atomic E-state index is 0.0388. The first-order valence-corrected chi connectivity index (χ1v) is 5.78. The summed E-state index contributed by atoms with van der Waals surface area (Å²) in [7, 11) is -3.20. The molecule has 74 valence electrons. The molecule has 1 heterocycles. The minimum atomic E-state index is -4.56. The Bertz CT molecular complexity index is 402. The van der Waals surface area contributed by atoms with Gasteiger partial charge in [-0.1, -0.05) is 22.9 Å². The Kier molecular flexibility index (Phi) is 3.09. The van der Waals surface area contributed by atoms with E-state index >= 15 is 0 Å². The van der Waals surface area contributed by atoms with Crippen molar-refractivity contribution in [2.75, 3.05) is 7.11 Å². The molecular weight excluding hydrogens is 241 g/mol. The highest BCUT2D eigenvalue weighted by Gasteiger charge is 2.17. The van der Waals surface area contributed by atoms with E-state index in [1.807, 2.05) is 0 Å². The fourth-order valence-electron chi connectivity index (χ4n) is 0.646. The van der Waals surface area contributed by atoms with Gasteiger partial charge in [-0.05, 0) is 0 Å². The lowest BCUT2D eigenvalue weighted by atomic mass is 10.6. The van der Waals surface area contributed by atoms with Crippen molar-refractivity contribution >= 4 is 33.2 Å². The Balaban J connectivity index is 2.95. The molecule has 1 aromatic rings. The maximum absolute atomic E-state index is 12.2. The van der Waals surface area contributed by atoms with Gasteiger partial charge >= 0.3 is 10.2 Å². The van der Waals surface area contributed by atoms with Gasteiger partial charge in [-0.25, -0.2) is 0 Å². The number of rotatable bonds is 3. The summed E-state index contributed by atoms with van der Waals surface area (Å²) < 4.78 is 37.4. The predicted octanol–water partition coefficient (Wildman–Crippen LogP) is 1.60. The van der Waals surface area contributed by atoms with Crippen molar-refractivity contribution in [1.29, 1.82) is 0 Å². The van der Waals surface area contributed by atoms with E-state index in [9.17, 15) is 12.3 Å². The molecule has 0 spiro atoms. The maximum atomic E-state index is 12.2. The van der Waals surface area contributed by atoms with Crippen molar-refractivity contribution in [3.8, 4) is 5.19 Å². The largest absolute Gasteiger partial charge is 0.473 e. The number of methoxy groups -OCH3 is 1. The molecule has 0 saturated carbocycles. The van der Waals surface area contributed by atoms with Crippen LogP contribution in [0.2, 0.25) is 5.15 Å². The molecule has 8 heteroatoms. The highest BCUT2D eigenvalue weighted by atomic mass is 35.5. The average molecular weight is 246 g/mol. The zero-order chi connectivity index (χ0) is 10.1. The van der Waals surface area contributed by atoms with Crippen LogP contribution in [-0.4, -0.2) is 20.5 Å². The molecule has 0 saturated heterocycles. The number of thiazole rings is 1. The van der Waals surface area contributed by atoms with Gasteiger partial charge in [0.1, 0.15) is 10.9 Å². The van der Waals surface area contributed by atoms with E-state index in [0.29, 0.717) is 0 Å². The standard InChI is InChI=1S/C5H5ClFNO3S2/c1-11-5-8-4(6)3(12-5)2-13(7,9)10/h2H2,1H3. The molecule has 0 N–H and O–H groups in total. The van der Waals surface area contributed by atoms with E-state index in [0.717, 1.165) is 11.3 Å². The summed E-state index contributed by atoms with van der Waals surface area (Å²) in [5, 5.41) is 0.173. The second-order valence-electron chi connectivity index (χ2n) is 2.08. The van der Waals surface area contributed by atoms with Crippen LogP contribution in [0.15, 0.2) is 0 Å². The summed E-state index contributed by atoms with van der Waals surface area (Å²) in [5.74, 6) is -0.757. The molecule has 0 fully saturated rings. The Hall–Kier alpha value is -0.400. The van der Waals surface area contributed by atoms with Crippen molar-refractivity contribution in [1.82, 2.24) is 4.98 Å². The van der Waals surface area contributed by atoms with Gasteiger partial charge < -0.3 is 4.74 Å². The van der Waals surface area contributed by atoms with E-state index < -0.39 is 16.0 Å². The first-order valence-electron chi connectivity index (χ1n) is 3.04. The molecule has 0 unspecified atom stereocenters. The Morgan fingerprint density at radius 1 is 1.69 bits per heavy atom. The number of nitrogens with zero attached hydrogens (tertiary/aromatic N) is 1. The highest BCUT2D eigenvalue weighted by Crippen LogP contribution is 2.30. The van der Waals surface area contributed by atoms with E-state index in [1.165, 1.54) is 7.11 Å². The number of aromatic nitrogens is 1. The molecule has 13 heavy (non-hydrogen) atoms. The summed E-state index contributed by atoms with van der Waals surface area (Å²) in [6.07, 6.45) is 0. The van der Waals surface area contributed by atoms with Crippen LogP contribution >= 0.6 is 22.9 Å². The summed E-state index contributed by atoms with van der Waals surface area (Å²) in [6.45, 7) is 0. The van der Waals surface area contributed by atoms with Crippen LogP contribution in [-0.2, 0) is 16.0 Å². The average Bonchev–Trinajstić information content (AvgIpc) is 2.29. The van der Waals surface area contributed by atoms with E-state index in [1.54, 1.807) is 0 Å². The van der Waals surface area contributed by atoms with Crippen molar-refractivity contribution < 1.29 is 17.0 Å².